The lowest BCUT2D eigenvalue weighted by molar-refractivity contribution is -0.277. The van der Waals surface area contributed by atoms with Crippen molar-refractivity contribution in [1.82, 2.24) is 5.32 Å². The summed E-state index contributed by atoms with van der Waals surface area (Å²) in [6.45, 7) is 4.40. The third-order valence-corrected chi connectivity index (χ3v) is 4.51. The number of amides is 1. The summed E-state index contributed by atoms with van der Waals surface area (Å²) in [5, 5.41) is 42.0. The van der Waals surface area contributed by atoms with Gasteiger partial charge < -0.3 is 40.0 Å². The van der Waals surface area contributed by atoms with Gasteiger partial charge in [0.1, 0.15) is 30.2 Å². The summed E-state index contributed by atoms with van der Waals surface area (Å²) in [4.78, 5) is 12.2. The number of carbonyl (C=O) groups is 1. The SMILES string of the molecule is CC(C)OCCCNC(=O)Cc1ccccc1OC1OC(CO)C(O)C(O)C1O. The van der Waals surface area contributed by atoms with Crippen LogP contribution in [0.1, 0.15) is 25.8 Å². The van der Waals surface area contributed by atoms with E-state index in [4.69, 9.17) is 14.2 Å². The van der Waals surface area contributed by atoms with Crippen LogP contribution in [0.3, 0.4) is 0 Å². The van der Waals surface area contributed by atoms with Crippen LogP contribution in [0, 0.1) is 0 Å². The van der Waals surface area contributed by atoms with Gasteiger partial charge in [-0.05, 0) is 26.3 Å². The van der Waals surface area contributed by atoms with Crippen molar-refractivity contribution in [2.24, 2.45) is 0 Å². The Kier molecular flexibility index (Phi) is 9.28. The average molecular weight is 413 g/mol. The van der Waals surface area contributed by atoms with Crippen LogP contribution < -0.4 is 10.1 Å². The van der Waals surface area contributed by atoms with Gasteiger partial charge in [0.05, 0.1) is 19.1 Å². The van der Waals surface area contributed by atoms with E-state index in [1.165, 1.54) is 0 Å². The van der Waals surface area contributed by atoms with Gasteiger partial charge in [0.25, 0.3) is 0 Å². The number of ether oxygens (including phenoxy) is 3. The maximum Gasteiger partial charge on any atom is 0.229 e. The summed E-state index contributed by atoms with van der Waals surface area (Å²) < 4.78 is 16.4. The average Bonchev–Trinajstić information content (AvgIpc) is 2.69. The second-order valence-electron chi connectivity index (χ2n) is 7.22. The highest BCUT2D eigenvalue weighted by molar-refractivity contribution is 5.79. The molecule has 1 fully saturated rings. The number of benzene rings is 1. The first-order valence-corrected chi connectivity index (χ1v) is 9.76. The molecule has 0 spiro atoms. The minimum Gasteiger partial charge on any atom is -0.462 e. The molecule has 0 aliphatic carbocycles. The highest BCUT2D eigenvalue weighted by Gasteiger charge is 2.44. The van der Waals surface area contributed by atoms with Gasteiger partial charge >= 0.3 is 0 Å². The summed E-state index contributed by atoms with van der Waals surface area (Å²) in [5.74, 6) is 0.106. The van der Waals surface area contributed by atoms with Crippen molar-refractivity contribution in [2.75, 3.05) is 19.8 Å². The van der Waals surface area contributed by atoms with Crippen molar-refractivity contribution in [3.05, 3.63) is 29.8 Å². The number of rotatable bonds is 10. The van der Waals surface area contributed by atoms with Crippen LogP contribution in [0.25, 0.3) is 0 Å². The predicted molar refractivity (Wildman–Crippen MR) is 103 cm³/mol. The van der Waals surface area contributed by atoms with Crippen LogP contribution in [0.5, 0.6) is 5.75 Å². The van der Waals surface area contributed by atoms with Crippen molar-refractivity contribution in [3.8, 4) is 5.75 Å². The lowest BCUT2D eigenvalue weighted by Crippen LogP contribution is -2.60. The molecule has 5 unspecified atom stereocenters. The molecule has 29 heavy (non-hydrogen) atoms. The van der Waals surface area contributed by atoms with E-state index in [1.54, 1.807) is 24.3 Å². The molecule has 1 aromatic rings. The maximum atomic E-state index is 12.2. The molecule has 0 aromatic heterocycles. The molecule has 1 aromatic carbocycles. The molecule has 0 radical (unpaired) electrons. The molecular weight excluding hydrogens is 382 g/mol. The predicted octanol–water partition coefficient (Wildman–Crippen LogP) is -0.661. The van der Waals surface area contributed by atoms with Gasteiger partial charge in [0.15, 0.2) is 0 Å². The van der Waals surface area contributed by atoms with Gasteiger partial charge in [-0.3, -0.25) is 4.79 Å². The van der Waals surface area contributed by atoms with E-state index in [9.17, 15) is 25.2 Å². The van der Waals surface area contributed by atoms with Crippen molar-refractivity contribution in [2.45, 2.75) is 63.5 Å². The van der Waals surface area contributed by atoms with E-state index >= 15 is 0 Å². The highest BCUT2D eigenvalue weighted by Crippen LogP contribution is 2.26. The van der Waals surface area contributed by atoms with Crippen LogP contribution in [-0.2, 0) is 20.7 Å². The number of hydrogen-bond acceptors (Lipinski definition) is 8. The van der Waals surface area contributed by atoms with E-state index in [0.717, 1.165) is 0 Å². The number of nitrogens with one attached hydrogen (secondary N) is 1. The molecule has 0 saturated carbocycles. The summed E-state index contributed by atoms with van der Waals surface area (Å²) in [5.41, 5.74) is 0.570. The van der Waals surface area contributed by atoms with Gasteiger partial charge in [0, 0.05) is 18.7 Å². The largest absolute Gasteiger partial charge is 0.462 e. The smallest absolute Gasteiger partial charge is 0.229 e. The molecule has 1 amide bonds. The first-order chi connectivity index (χ1) is 13.8. The molecule has 5 N–H and O–H groups in total. The van der Waals surface area contributed by atoms with Gasteiger partial charge in [-0.25, -0.2) is 0 Å². The highest BCUT2D eigenvalue weighted by atomic mass is 16.7. The van der Waals surface area contributed by atoms with Crippen molar-refractivity contribution in [3.63, 3.8) is 0 Å². The van der Waals surface area contributed by atoms with E-state index in [0.29, 0.717) is 30.9 Å². The summed E-state index contributed by atoms with van der Waals surface area (Å²) in [7, 11) is 0. The van der Waals surface area contributed by atoms with Gasteiger partial charge in [-0.2, -0.15) is 0 Å². The Morgan fingerprint density at radius 3 is 2.59 bits per heavy atom. The standard InChI is InChI=1S/C20H31NO8/c1-12(2)27-9-5-8-21-16(23)10-13-6-3-4-7-14(13)28-20-19(26)18(25)17(24)15(11-22)29-20/h3-4,6-7,12,15,17-20,22,24-26H,5,8-11H2,1-2H3,(H,21,23). The zero-order chi connectivity index (χ0) is 21.4. The van der Waals surface area contributed by atoms with Crippen LogP contribution in [0.15, 0.2) is 24.3 Å². The Bertz CT molecular complexity index is 639. The molecule has 5 atom stereocenters. The van der Waals surface area contributed by atoms with Crippen molar-refractivity contribution >= 4 is 5.91 Å². The zero-order valence-electron chi connectivity index (χ0n) is 16.7. The summed E-state index contributed by atoms with van der Waals surface area (Å²) in [6.07, 6.45) is -5.98. The van der Waals surface area contributed by atoms with E-state index in [-0.39, 0.29) is 18.4 Å². The Labute approximate surface area is 170 Å². The Balaban J connectivity index is 1.93. The zero-order valence-corrected chi connectivity index (χ0v) is 16.7. The van der Waals surface area contributed by atoms with Crippen LogP contribution in [-0.4, -0.2) is 82.9 Å². The van der Waals surface area contributed by atoms with Crippen molar-refractivity contribution in [1.29, 1.82) is 0 Å². The molecule has 1 aliphatic rings. The molecule has 164 valence electrons. The van der Waals surface area contributed by atoms with E-state index in [2.05, 4.69) is 5.32 Å². The second kappa shape index (κ2) is 11.4. The fraction of sp³-hybridized carbons (Fsp3) is 0.650. The van der Waals surface area contributed by atoms with Crippen LogP contribution in [0.2, 0.25) is 0 Å². The molecule has 0 bridgehead atoms. The Hall–Kier alpha value is -1.75. The minimum atomic E-state index is -1.53. The topological polar surface area (TPSA) is 138 Å². The summed E-state index contributed by atoms with van der Waals surface area (Å²) >= 11 is 0. The fourth-order valence-electron chi connectivity index (χ4n) is 2.91. The Morgan fingerprint density at radius 1 is 1.17 bits per heavy atom. The number of carbonyl (C=O) groups excluding carboxylic acids is 1. The summed E-state index contributed by atoms with van der Waals surface area (Å²) in [6, 6.07) is 6.77. The van der Waals surface area contributed by atoms with E-state index < -0.39 is 37.3 Å². The monoisotopic (exact) mass is 413 g/mol. The first-order valence-electron chi connectivity index (χ1n) is 9.76. The second-order valence-corrected chi connectivity index (χ2v) is 7.22. The minimum absolute atomic E-state index is 0.0542. The molecule has 1 aliphatic heterocycles. The molecule has 1 saturated heterocycles. The quantitative estimate of drug-likeness (QED) is 0.319. The fourth-order valence-corrected chi connectivity index (χ4v) is 2.91. The number of hydrogen-bond donors (Lipinski definition) is 5. The third kappa shape index (κ3) is 6.91. The first kappa shape index (κ1) is 23.5. The van der Waals surface area contributed by atoms with Crippen molar-refractivity contribution < 1.29 is 39.4 Å². The molecular formula is C20H31NO8. The molecule has 2 rings (SSSR count). The van der Waals surface area contributed by atoms with Crippen LogP contribution >= 0.6 is 0 Å². The lowest BCUT2D eigenvalue weighted by atomic mass is 9.99. The van der Waals surface area contributed by atoms with Crippen LogP contribution in [0.4, 0.5) is 0 Å². The molecule has 9 heteroatoms. The van der Waals surface area contributed by atoms with E-state index in [1.807, 2.05) is 13.8 Å². The maximum absolute atomic E-state index is 12.2. The number of para-hydroxylation sites is 1. The van der Waals surface area contributed by atoms with Gasteiger partial charge in [0.2, 0.25) is 12.2 Å². The van der Waals surface area contributed by atoms with Gasteiger partial charge in [-0.15, -0.1) is 0 Å². The van der Waals surface area contributed by atoms with Gasteiger partial charge in [-0.1, -0.05) is 18.2 Å². The third-order valence-electron chi connectivity index (χ3n) is 4.51. The molecule has 9 nitrogen and oxygen atoms in total. The lowest BCUT2D eigenvalue weighted by Gasteiger charge is -2.39. The molecule has 1 heterocycles. The number of aliphatic hydroxyl groups is 4. The Morgan fingerprint density at radius 2 is 1.90 bits per heavy atom. The normalized spacial score (nSPS) is 27.1. The number of aliphatic hydroxyl groups excluding tert-OH is 4.